The molecule has 0 aromatic heterocycles. The lowest BCUT2D eigenvalue weighted by molar-refractivity contribution is -0.124. The molecule has 3 aliphatic heterocycles. The van der Waals surface area contributed by atoms with Gasteiger partial charge in [0.25, 0.3) is 0 Å². The molecule has 4 fully saturated rings. The second kappa shape index (κ2) is 11.4. The van der Waals surface area contributed by atoms with E-state index in [4.69, 9.17) is 4.74 Å². The van der Waals surface area contributed by atoms with E-state index in [1.54, 1.807) is 7.11 Å². The van der Waals surface area contributed by atoms with Crippen molar-refractivity contribution >= 4 is 5.91 Å². The Kier molecular flexibility index (Phi) is 7.76. The first-order chi connectivity index (χ1) is 18.7. The van der Waals surface area contributed by atoms with Gasteiger partial charge in [0.1, 0.15) is 5.75 Å². The number of amides is 1. The van der Waals surface area contributed by atoms with Gasteiger partial charge >= 0.3 is 0 Å². The smallest absolute Gasteiger partial charge is 0.227 e. The van der Waals surface area contributed by atoms with E-state index in [9.17, 15) is 4.79 Å². The maximum Gasteiger partial charge on any atom is 0.227 e. The molecule has 6 unspecified atom stereocenters. The van der Waals surface area contributed by atoms with E-state index in [-0.39, 0.29) is 17.9 Å². The Labute approximate surface area is 229 Å². The van der Waals surface area contributed by atoms with Crippen LogP contribution in [0.1, 0.15) is 82.2 Å². The number of nitrogens with one attached hydrogen (secondary N) is 1. The van der Waals surface area contributed by atoms with Gasteiger partial charge in [-0.15, -0.1) is 6.58 Å². The standard InChI is InChI=1S/C33H45N3O2/c1-3-21-35-28-17-18-29(35)31-20-19-30(28)36(31)32(25-9-8-12-27(22-25)38-2)23-13-15-24(16-14-23)33(37)34-26-10-6-4-5-7-11-26/h3,8-9,12-15,22,24,26,28-32H,1,4-7,10-11,16-21H2,2H3,(H,34,37). The third kappa shape index (κ3) is 4.88. The summed E-state index contributed by atoms with van der Waals surface area (Å²) in [6.07, 6.45) is 22.1. The molecule has 3 heterocycles. The van der Waals surface area contributed by atoms with Gasteiger partial charge in [-0.2, -0.15) is 0 Å². The number of allylic oxidation sites excluding steroid dienone is 1. The van der Waals surface area contributed by atoms with Crippen molar-refractivity contribution in [1.82, 2.24) is 15.1 Å². The Bertz CT molecular complexity index is 1050. The fourth-order valence-electron chi connectivity index (χ4n) is 8.33. The van der Waals surface area contributed by atoms with Crippen molar-refractivity contribution in [2.75, 3.05) is 13.7 Å². The fourth-order valence-corrected chi connectivity index (χ4v) is 8.33. The lowest BCUT2D eigenvalue weighted by atomic mass is 9.86. The predicted molar refractivity (Wildman–Crippen MR) is 153 cm³/mol. The van der Waals surface area contributed by atoms with Crippen LogP contribution in [0.5, 0.6) is 5.75 Å². The Morgan fingerprint density at radius 3 is 2.39 bits per heavy atom. The minimum Gasteiger partial charge on any atom is -0.497 e. The molecule has 6 rings (SSSR count). The van der Waals surface area contributed by atoms with Crippen LogP contribution in [0.15, 0.2) is 60.7 Å². The number of benzene rings is 1. The summed E-state index contributed by atoms with van der Waals surface area (Å²) >= 11 is 0. The predicted octanol–water partition coefficient (Wildman–Crippen LogP) is 5.94. The highest BCUT2D eigenvalue weighted by Crippen LogP contribution is 2.51. The number of carbonyl (C=O) groups excluding carboxylic acids is 1. The highest BCUT2D eigenvalue weighted by Gasteiger charge is 2.56. The van der Waals surface area contributed by atoms with Gasteiger partial charge in [0, 0.05) is 36.8 Å². The van der Waals surface area contributed by atoms with Crippen molar-refractivity contribution in [3.63, 3.8) is 0 Å². The fraction of sp³-hybridized carbons (Fsp3) is 0.606. The number of hydrogen-bond donors (Lipinski definition) is 1. The number of fused-ring (bicyclic) bond motifs is 6. The first-order valence-electron chi connectivity index (χ1n) is 15.1. The second-order valence-electron chi connectivity index (χ2n) is 12.1. The molecule has 0 spiro atoms. The van der Waals surface area contributed by atoms with Crippen LogP contribution in [-0.2, 0) is 4.79 Å². The van der Waals surface area contributed by atoms with Gasteiger partial charge in [0.2, 0.25) is 5.91 Å². The van der Waals surface area contributed by atoms with Gasteiger partial charge in [-0.3, -0.25) is 14.6 Å². The topological polar surface area (TPSA) is 44.8 Å². The van der Waals surface area contributed by atoms with E-state index < -0.39 is 0 Å². The zero-order valence-electron chi connectivity index (χ0n) is 23.1. The van der Waals surface area contributed by atoms with E-state index in [1.165, 1.54) is 62.5 Å². The molecule has 3 saturated heterocycles. The zero-order valence-corrected chi connectivity index (χ0v) is 23.1. The molecular weight excluding hydrogens is 470 g/mol. The van der Waals surface area contributed by atoms with Crippen LogP contribution in [0.4, 0.5) is 0 Å². The SMILES string of the molecule is C=CCN1C2CCC1C1CCC2N1C(C1=CCC(C(=O)NC2CCCCCC2)C=C1)c1cccc(OC)c1. The molecule has 5 aliphatic rings. The molecule has 4 bridgehead atoms. The molecule has 1 aromatic carbocycles. The summed E-state index contributed by atoms with van der Waals surface area (Å²) in [5.41, 5.74) is 2.64. The summed E-state index contributed by atoms with van der Waals surface area (Å²) < 4.78 is 5.65. The van der Waals surface area contributed by atoms with E-state index in [0.717, 1.165) is 31.6 Å². The third-order valence-electron chi connectivity index (χ3n) is 10.1. The van der Waals surface area contributed by atoms with Crippen LogP contribution in [0.3, 0.4) is 0 Å². The average molecular weight is 516 g/mol. The molecule has 1 saturated carbocycles. The normalized spacial score (nSPS) is 32.4. The van der Waals surface area contributed by atoms with Gasteiger partial charge in [-0.1, -0.05) is 62.1 Å². The van der Waals surface area contributed by atoms with Crippen LogP contribution in [-0.4, -0.2) is 59.6 Å². The summed E-state index contributed by atoms with van der Waals surface area (Å²) in [5.74, 6) is 1.05. The molecular formula is C33H45N3O2. The van der Waals surface area contributed by atoms with E-state index in [0.29, 0.717) is 30.2 Å². The molecule has 38 heavy (non-hydrogen) atoms. The number of ether oxygens (including phenoxy) is 1. The third-order valence-corrected chi connectivity index (χ3v) is 10.1. The number of hydrogen-bond acceptors (Lipinski definition) is 4. The van der Waals surface area contributed by atoms with Gasteiger partial charge in [-0.05, 0) is 68.2 Å². The Hall–Kier alpha value is -2.37. The van der Waals surface area contributed by atoms with E-state index in [1.807, 2.05) is 6.07 Å². The number of rotatable bonds is 8. The van der Waals surface area contributed by atoms with Gasteiger partial charge in [0.15, 0.2) is 0 Å². The second-order valence-corrected chi connectivity index (χ2v) is 12.1. The molecule has 1 aromatic rings. The molecule has 6 atom stereocenters. The Balaban J connectivity index is 1.25. The minimum atomic E-state index is -0.0645. The van der Waals surface area contributed by atoms with E-state index >= 15 is 0 Å². The molecule has 2 aliphatic carbocycles. The maximum atomic E-state index is 13.2. The van der Waals surface area contributed by atoms with Crippen LogP contribution < -0.4 is 10.1 Å². The quantitative estimate of drug-likeness (QED) is 0.344. The van der Waals surface area contributed by atoms with Crippen molar-refractivity contribution in [2.45, 2.75) is 107 Å². The van der Waals surface area contributed by atoms with Gasteiger partial charge < -0.3 is 10.1 Å². The van der Waals surface area contributed by atoms with Gasteiger partial charge in [-0.25, -0.2) is 0 Å². The zero-order chi connectivity index (χ0) is 26.1. The summed E-state index contributed by atoms with van der Waals surface area (Å²) in [6, 6.07) is 11.5. The molecule has 5 nitrogen and oxygen atoms in total. The number of nitrogens with zero attached hydrogens (tertiary/aromatic N) is 2. The average Bonchev–Trinajstić information content (AvgIpc) is 3.32. The highest BCUT2D eigenvalue weighted by molar-refractivity contribution is 5.81. The Morgan fingerprint density at radius 1 is 1.05 bits per heavy atom. The summed E-state index contributed by atoms with van der Waals surface area (Å²) in [4.78, 5) is 18.8. The summed E-state index contributed by atoms with van der Waals surface area (Å²) in [7, 11) is 1.75. The molecule has 1 N–H and O–H groups in total. The highest BCUT2D eigenvalue weighted by atomic mass is 16.5. The molecule has 0 radical (unpaired) electrons. The first-order valence-corrected chi connectivity index (χ1v) is 15.1. The largest absolute Gasteiger partial charge is 0.497 e. The first kappa shape index (κ1) is 25.9. The minimum absolute atomic E-state index is 0.0645. The van der Waals surface area contributed by atoms with Crippen LogP contribution >= 0.6 is 0 Å². The molecule has 5 heteroatoms. The summed E-state index contributed by atoms with van der Waals surface area (Å²) in [5, 5.41) is 3.38. The van der Waals surface area contributed by atoms with Crippen LogP contribution in [0, 0.1) is 5.92 Å². The Morgan fingerprint density at radius 2 is 1.76 bits per heavy atom. The van der Waals surface area contributed by atoms with Crippen molar-refractivity contribution in [2.24, 2.45) is 5.92 Å². The molecule has 204 valence electrons. The summed E-state index contributed by atoms with van der Waals surface area (Å²) in [6.45, 7) is 5.06. The number of piperazine rings is 1. The van der Waals surface area contributed by atoms with Crippen molar-refractivity contribution in [3.05, 3.63) is 66.3 Å². The van der Waals surface area contributed by atoms with Crippen LogP contribution in [0.2, 0.25) is 0 Å². The lowest BCUT2D eigenvalue weighted by Crippen LogP contribution is -2.61. The lowest BCUT2D eigenvalue weighted by Gasteiger charge is -2.50. The van der Waals surface area contributed by atoms with Gasteiger partial charge in [0.05, 0.1) is 19.1 Å². The van der Waals surface area contributed by atoms with Crippen molar-refractivity contribution in [1.29, 1.82) is 0 Å². The molecule has 1 amide bonds. The maximum absolute atomic E-state index is 13.2. The number of carbonyl (C=O) groups is 1. The van der Waals surface area contributed by atoms with E-state index in [2.05, 4.69) is 64.2 Å². The number of methoxy groups -OCH3 is 1. The van der Waals surface area contributed by atoms with Crippen molar-refractivity contribution < 1.29 is 9.53 Å². The van der Waals surface area contributed by atoms with Crippen LogP contribution in [0.25, 0.3) is 0 Å². The van der Waals surface area contributed by atoms with Crippen molar-refractivity contribution in [3.8, 4) is 5.75 Å². The monoisotopic (exact) mass is 515 g/mol.